The van der Waals surface area contributed by atoms with E-state index in [0.29, 0.717) is 17.9 Å². The average molecular weight is 362 g/mol. The van der Waals surface area contributed by atoms with Gasteiger partial charge in [-0.15, -0.1) is 0 Å². The minimum atomic E-state index is -1.08. The Morgan fingerprint density at radius 2 is 2.04 bits per heavy atom. The molecule has 25 heavy (non-hydrogen) atoms. The maximum absolute atomic E-state index is 11.5. The summed E-state index contributed by atoms with van der Waals surface area (Å²) in [6.45, 7) is 2.18. The zero-order valence-corrected chi connectivity index (χ0v) is 14.4. The summed E-state index contributed by atoms with van der Waals surface area (Å²) >= 11 is 1.18. The molecule has 0 aliphatic rings. The minimum absolute atomic E-state index is 0.0160. The Kier molecular flexibility index (Phi) is 6.79. The van der Waals surface area contributed by atoms with Crippen LogP contribution in [-0.2, 0) is 11.2 Å². The summed E-state index contributed by atoms with van der Waals surface area (Å²) < 4.78 is 8.12. The number of benzene rings is 2. The van der Waals surface area contributed by atoms with Crippen LogP contribution in [0.5, 0.6) is 5.75 Å². The van der Waals surface area contributed by atoms with Crippen LogP contribution in [0, 0.1) is 10.1 Å². The number of rotatable bonds is 9. The van der Waals surface area contributed by atoms with E-state index in [2.05, 4.69) is 4.72 Å². The van der Waals surface area contributed by atoms with Gasteiger partial charge in [-0.2, -0.15) is 0 Å². The second-order valence-corrected chi connectivity index (χ2v) is 6.02. The highest BCUT2D eigenvalue weighted by molar-refractivity contribution is 7.97. The Labute approximate surface area is 149 Å². The number of ether oxygens (including phenoxy) is 1. The van der Waals surface area contributed by atoms with Gasteiger partial charge in [-0.3, -0.25) is 14.9 Å². The molecule has 0 aliphatic carbocycles. The smallest absolute Gasteiger partial charge is 0.321 e. The van der Waals surface area contributed by atoms with Gasteiger partial charge >= 0.3 is 5.97 Å². The minimum Gasteiger partial charge on any atom is -0.494 e. The number of aliphatic carboxylic acids is 1. The van der Waals surface area contributed by atoms with E-state index < -0.39 is 16.9 Å². The molecular formula is C17H18N2O5S. The van der Waals surface area contributed by atoms with Crippen LogP contribution in [0.3, 0.4) is 0 Å². The first-order valence-corrected chi connectivity index (χ1v) is 8.43. The molecule has 0 saturated carbocycles. The van der Waals surface area contributed by atoms with Crippen molar-refractivity contribution in [3.8, 4) is 5.75 Å². The summed E-state index contributed by atoms with van der Waals surface area (Å²) in [5.74, 6) is -0.692. The summed E-state index contributed by atoms with van der Waals surface area (Å²) in [4.78, 5) is 23.1. The van der Waals surface area contributed by atoms with Gasteiger partial charge in [0.05, 0.1) is 17.6 Å². The first-order chi connectivity index (χ1) is 12.0. The number of nitrogens with zero attached hydrogens (tertiary/aromatic N) is 1. The monoisotopic (exact) mass is 362 g/mol. The average Bonchev–Trinajstić information content (AvgIpc) is 2.60. The number of nitrogens with one attached hydrogen (secondary N) is 1. The van der Waals surface area contributed by atoms with E-state index in [9.17, 15) is 20.0 Å². The molecule has 2 aromatic rings. The molecule has 0 saturated heterocycles. The molecule has 0 heterocycles. The van der Waals surface area contributed by atoms with Crippen LogP contribution in [0.25, 0.3) is 0 Å². The van der Waals surface area contributed by atoms with E-state index >= 15 is 0 Å². The maximum atomic E-state index is 11.5. The van der Waals surface area contributed by atoms with Crippen LogP contribution < -0.4 is 9.46 Å². The number of carboxylic acids is 1. The maximum Gasteiger partial charge on any atom is 0.321 e. The SMILES string of the molecule is CCOc1ccc(C[C@H](NSc2ccccc2)C(=O)O)c([N+](=O)[O-])c1. The zero-order chi connectivity index (χ0) is 18.2. The Morgan fingerprint density at radius 1 is 1.32 bits per heavy atom. The van der Waals surface area contributed by atoms with Crippen molar-refractivity contribution < 1.29 is 19.6 Å². The molecular weight excluding hydrogens is 344 g/mol. The molecule has 0 aromatic heterocycles. The van der Waals surface area contributed by atoms with Crippen LogP contribution in [0.1, 0.15) is 12.5 Å². The molecule has 0 radical (unpaired) electrons. The Balaban J connectivity index is 2.15. The molecule has 0 bridgehead atoms. The van der Waals surface area contributed by atoms with Crippen LogP contribution in [0.4, 0.5) is 5.69 Å². The van der Waals surface area contributed by atoms with E-state index in [-0.39, 0.29) is 12.1 Å². The zero-order valence-electron chi connectivity index (χ0n) is 13.5. The highest BCUT2D eigenvalue weighted by Crippen LogP contribution is 2.26. The van der Waals surface area contributed by atoms with Crippen molar-refractivity contribution in [3.63, 3.8) is 0 Å². The summed E-state index contributed by atoms with van der Waals surface area (Å²) in [7, 11) is 0. The van der Waals surface area contributed by atoms with Crippen LogP contribution in [0.15, 0.2) is 53.4 Å². The normalized spacial score (nSPS) is 11.7. The Bertz CT molecular complexity index is 739. The predicted octanol–water partition coefficient (Wildman–Crippen LogP) is 3.29. The number of carboxylic acid groups (broad SMARTS) is 1. The quantitative estimate of drug-likeness (QED) is 0.401. The van der Waals surface area contributed by atoms with Crippen LogP contribution >= 0.6 is 11.9 Å². The lowest BCUT2D eigenvalue weighted by atomic mass is 10.0. The number of nitro benzene ring substituents is 1. The third-order valence-electron chi connectivity index (χ3n) is 3.35. The summed E-state index contributed by atoms with van der Waals surface area (Å²) in [6, 6.07) is 12.7. The van der Waals surface area contributed by atoms with Crippen molar-refractivity contribution in [3.05, 3.63) is 64.2 Å². The molecule has 0 spiro atoms. The van der Waals surface area contributed by atoms with Gasteiger partial charge in [-0.1, -0.05) is 18.2 Å². The fraction of sp³-hybridized carbons (Fsp3) is 0.235. The first-order valence-electron chi connectivity index (χ1n) is 7.61. The lowest BCUT2D eigenvalue weighted by Gasteiger charge is -2.14. The van der Waals surface area contributed by atoms with Gasteiger partial charge < -0.3 is 9.84 Å². The van der Waals surface area contributed by atoms with Gasteiger partial charge in [0, 0.05) is 16.9 Å². The number of hydrogen-bond donors (Lipinski definition) is 2. The standard InChI is InChI=1S/C17H18N2O5S/c1-2-24-13-9-8-12(16(11-13)19(22)23)10-15(17(20)21)18-25-14-6-4-3-5-7-14/h3-9,11,15,18H,2,10H2,1H3,(H,20,21)/t15-/m0/s1. The molecule has 0 aliphatic heterocycles. The molecule has 1 atom stereocenters. The predicted molar refractivity (Wildman–Crippen MR) is 94.8 cm³/mol. The summed E-state index contributed by atoms with van der Waals surface area (Å²) in [5.41, 5.74) is 0.186. The van der Waals surface area contributed by atoms with Crippen molar-refractivity contribution in [1.29, 1.82) is 0 Å². The molecule has 2 N–H and O–H groups in total. The van der Waals surface area contributed by atoms with Gasteiger partial charge in [0.2, 0.25) is 0 Å². The van der Waals surface area contributed by atoms with Crippen LogP contribution in [-0.4, -0.2) is 28.6 Å². The van der Waals surface area contributed by atoms with Gasteiger partial charge in [0.15, 0.2) is 0 Å². The highest BCUT2D eigenvalue weighted by atomic mass is 32.2. The molecule has 8 heteroatoms. The van der Waals surface area contributed by atoms with E-state index in [1.807, 2.05) is 30.3 Å². The van der Waals surface area contributed by atoms with E-state index in [4.69, 9.17) is 4.74 Å². The van der Waals surface area contributed by atoms with Crippen molar-refractivity contribution >= 4 is 23.6 Å². The lowest BCUT2D eigenvalue weighted by molar-refractivity contribution is -0.385. The van der Waals surface area contributed by atoms with Crippen molar-refractivity contribution in [2.45, 2.75) is 24.3 Å². The van der Waals surface area contributed by atoms with Crippen LogP contribution in [0.2, 0.25) is 0 Å². The first kappa shape index (κ1) is 18.8. The van der Waals surface area contributed by atoms with Crippen molar-refractivity contribution in [2.24, 2.45) is 0 Å². The molecule has 0 unspecified atom stereocenters. The van der Waals surface area contributed by atoms with E-state index in [1.54, 1.807) is 13.0 Å². The molecule has 132 valence electrons. The lowest BCUT2D eigenvalue weighted by Crippen LogP contribution is -2.34. The fourth-order valence-electron chi connectivity index (χ4n) is 2.17. The van der Waals surface area contributed by atoms with Crippen molar-refractivity contribution in [2.75, 3.05) is 6.61 Å². The van der Waals surface area contributed by atoms with Crippen molar-refractivity contribution in [1.82, 2.24) is 4.72 Å². The number of carbonyl (C=O) groups is 1. The summed E-state index contributed by atoms with van der Waals surface area (Å²) in [6.07, 6.45) is -0.0160. The Morgan fingerprint density at radius 3 is 2.64 bits per heavy atom. The van der Waals surface area contributed by atoms with Gasteiger partial charge in [0.25, 0.3) is 5.69 Å². The van der Waals surface area contributed by atoms with Gasteiger partial charge in [-0.25, -0.2) is 4.72 Å². The molecule has 0 fully saturated rings. The van der Waals surface area contributed by atoms with E-state index in [0.717, 1.165) is 4.90 Å². The Hall–Kier alpha value is -2.58. The van der Waals surface area contributed by atoms with Gasteiger partial charge in [0.1, 0.15) is 11.8 Å². The third-order valence-corrected chi connectivity index (χ3v) is 4.26. The highest BCUT2D eigenvalue weighted by Gasteiger charge is 2.23. The third kappa shape index (κ3) is 5.47. The second kappa shape index (κ2) is 9.05. The molecule has 0 amide bonds. The second-order valence-electron chi connectivity index (χ2n) is 5.11. The fourth-order valence-corrected chi connectivity index (χ4v) is 2.93. The van der Waals surface area contributed by atoms with E-state index in [1.165, 1.54) is 24.1 Å². The molecule has 2 rings (SSSR count). The topological polar surface area (TPSA) is 102 Å². The molecule has 2 aromatic carbocycles. The molecule has 7 nitrogen and oxygen atoms in total. The number of hydrogen-bond acceptors (Lipinski definition) is 6. The van der Waals surface area contributed by atoms with Gasteiger partial charge in [-0.05, 0) is 43.1 Å². The summed E-state index contributed by atoms with van der Waals surface area (Å²) in [5, 5.41) is 20.7. The largest absolute Gasteiger partial charge is 0.494 e. The number of nitro groups is 1.